The fourth-order valence-corrected chi connectivity index (χ4v) is 4.83. The predicted octanol–water partition coefficient (Wildman–Crippen LogP) is 4.07. The van der Waals surface area contributed by atoms with Crippen molar-refractivity contribution in [3.05, 3.63) is 59.7 Å². The third-order valence-electron chi connectivity index (χ3n) is 6.63. The van der Waals surface area contributed by atoms with Crippen LogP contribution in [0, 0.1) is 11.8 Å². The van der Waals surface area contributed by atoms with Gasteiger partial charge in [-0.05, 0) is 41.5 Å². The van der Waals surface area contributed by atoms with Gasteiger partial charge in [-0.15, -0.1) is 0 Å². The molecule has 10 heteroatoms. The van der Waals surface area contributed by atoms with E-state index in [1.807, 2.05) is 48.5 Å². The summed E-state index contributed by atoms with van der Waals surface area (Å²) in [4.78, 5) is 35.6. The molecule has 0 spiro atoms. The van der Waals surface area contributed by atoms with Gasteiger partial charge >= 0.3 is 18.2 Å². The van der Waals surface area contributed by atoms with E-state index in [4.69, 9.17) is 9.84 Å². The molecule has 0 radical (unpaired) electrons. The minimum absolute atomic E-state index is 0.0681. The monoisotopic (exact) mass is 490 g/mol. The summed E-state index contributed by atoms with van der Waals surface area (Å²) in [6, 6.07) is 14.7. The number of carbonyl (C=O) groups excluding carboxylic acids is 2. The molecule has 1 unspecified atom stereocenters. The second-order valence-corrected chi connectivity index (χ2v) is 8.85. The molecule has 2 aromatic carbocycles. The quantitative estimate of drug-likeness (QED) is 0.543. The standard InChI is InChI=1S/C25H25F3N2O5/c26-25(27,28)21(22(31)30-15-10-9-14(11-15)23(32)33)12-29-24(34)35-13-20-18-7-3-1-5-16(18)17-6-2-4-8-19(17)20/h1-8,14-15,20-21H,9-13H2,(H,29,34)(H,30,31)(H,32,33)/t14-,15+,21?/m1/s1. The zero-order valence-electron chi connectivity index (χ0n) is 18.7. The molecule has 3 atom stereocenters. The molecule has 35 heavy (non-hydrogen) atoms. The summed E-state index contributed by atoms with van der Waals surface area (Å²) in [5, 5.41) is 13.4. The molecule has 2 aliphatic carbocycles. The van der Waals surface area contributed by atoms with E-state index in [1.54, 1.807) is 0 Å². The lowest BCUT2D eigenvalue weighted by Gasteiger charge is -2.22. The van der Waals surface area contributed by atoms with Crippen LogP contribution in [0.5, 0.6) is 0 Å². The van der Waals surface area contributed by atoms with Gasteiger partial charge in [-0.25, -0.2) is 4.79 Å². The minimum Gasteiger partial charge on any atom is -0.481 e. The first kappa shape index (κ1) is 24.6. The molecule has 2 aliphatic rings. The number of hydrogen-bond acceptors (Lipinski definition) is 4. The van der Waals surface area contributed by atoms with Crippen LogP contribution < -0.4 is 10.6 Å². The zero-order valence-corrected chi connectivity index (χ0v) is 18.7. The van der Waals surface area contributed by atoms with Crippen molar-refractivity contribution in [1.29, 1.82) is 0 Å². The van der Waals surface area contributed by atoms with Gasteiger partial charge in [0.05, 0.1) is 5.92 Å². The second kappa shape index (κ2) is 9.97. The van der Waals surface area contributed by atoms with Gasteiger partial charge in [0.15, 0.2) is 5.92 Å². The number of alkyl halides is 3. The Kier molecular flexibility index (Phi) is 7.00. The van der Waals surface area contributed by atoms with Gasteiger partial charge in [0.25, 0.3) is 0 Å². The summed E-state index contributed by atoms with van der Waals surface area (Å²) < 4.78 is 45.8. The Morgan fingerprint density at radius 3 is 2.14 bits per heavy atom. The van der Waals surface area contributed by atoms with E-state index in [1.165, 1.54) is 0 Å². The number of fused-ring (bicyclic) bond motifs is 3. The average molecular weight is 490 g/mol. The first-order chi connectivity index (χ1) is 16.6. The van der Waals surface area contributed by atoms with Gasteiger partial charge in [-0.2, -0.15) is 13.2 Å². The molecule has 2 amide bonds. The number of carboxylic acids is 1. The van der Waals surface area contributed by atoms with Crippen LogP contribution in [0.4, 0.5) is 18.0 Å². The average Bonchev–Trinajstić information content (AvgIpc) is 3.40. The summed E-state index contributed by atoms with van der Waals surface area (Å²) in [6.45, 7) is -1.05. The molecule has 3 N–H and O–H groups in total. The number of halogens is 3. The molecule has 1 saturated carbocycles. The van der Waals surface area contributed by atoms with E-state index >= 15 is 0 Å². The van der Waals surface area contributed by atoms with Crippen molar-refractivity contribution in [3.63, 3.8) is 0 Å². The molecule has 186 valence electrons. The Bertz CT molecular complexity index is 1070. The molecule has 1 fully saturated rings. The molecule has 0 saturated heterocycles. The number of hydrogen-bond donors (Lipinski definition) is 3. The fourth-order valence-electron chi connectivity index (χ4n) is 4.83. The smallest absolute Gasteiger partial charge is 0.407 e. The van der Waals surface area contributed by atoms with E-state index < -0.39 is 48.6 Å². The first-order valence-electron chi connectivity index (χ1n) is 11.3. The predicted molar refractivity (Wildman–Crippen MR) is 120 cm³/mol. The number of alkyl carbamates (subject to hydrolysis) is 1. The summed E-state index contributed by atoms with van der Waals surface area (Å²) in [5.74, 6) is -5.76. The maximum absolute atomic E-state index is 13.5. The van der Waals surface area contributed by atoms with Crippen LogP contribution in [0.3, 0.4) is 0 Å². The number of ether oxygens (including phenoxy) is 1. The molecule has 0 heterocycles. The third-order valence-corrected chi connectivity index (χ3v) is 6.63. The normalized spacial score (nSPS) is 20.0. The summed E-state index contributed by atoms with van der Waals surface area (Å²) in [7, 11) is 0. The SMILES string of the molecule is O=C(NCC(C(=O)N[C@H]1CC[C@@H](C(=O)O)C1)C(F)(F)F)OCC1c2ccccc2-c2ccccc21. The molecular formula is C25H25F3N2O5. The lowest BCUT2D eigenvalue weighted by molar-refractivity contribution is -0.181. The van der Waals surface area contributed by atoms with Crippen molar-refractivity contribution < 1.29 is 37.4 Å². The van der Waals surface area contributed by atoms with Gasteiger partial charge < -0.3 is 20.5 Å². The van der Waals surface area contributed by atoms with Crippen LogP contribution in [0.15, 0.2) is 48.5 Å². The van der Waals surface area contributed by atoms with Crippen LogP contribution >= 0.6 is 0 Å². The molecule has 0 bridgehead atoms. The maximum Gasteiger partial charge on any atom is 0.407 e. The van der Waals surface area contributed by atoms with Crippen LogP contribution in [-0.2, 0) is 14.3 Å². The highest BCUT2D eigenvalue weighted by molar-refractivity contribution is 5.81. The number of nitrogens with one attached hydrogen (secondary N) is 2. The Morgan fingerprint density at radius 1 is 1.00 bits per heavy atom. The highest BCUT2D eigenvalue weighted by atomic mass is 19.4. The highest BCUT2D eigenvalue weighted by Gasteiger charge is 2.46. The summed E-state index contributed by atoms with van der Waals surface area (Å²) in [5.41, 5.74) is 3.96. The van der Waals surface area contributed by atoms with Crippen LogP contribution in [-0.4, -0.2) is 48.4 Å². The van der Waals surface area contributed by atoms with Crippen LogP contribution in [0.2, 0.25) is 0 Å². The first-order valence-corrected chi connectivity index (χ1v) is 11.3. The van der Waals surface area contributed by atoms with Crippen molar-refractivity contribution in [2.45, 2.75) is 37.4 Å². The van der Waals surface area contributed by atoms with Crippen molar-refractivity contribution in [2.75, 3.05) is 13.2 Å². The van der Waals surface area contributed by atoms with Gasteiger partial charge in [-0.3, -0.25) is 9.59 Å². The van der Waals surface area contributed by atoms with Crippen molar-refractivity contribution in [1.82, 2.24) is 10.6 Å². The molecule has 7 nitrogen and oxygen atoms in total. The van der Waals surface area contributed by atoms with E-state index in [0.717, 1.165) is 22.3 Å². The van der Waals surface area contributed by atoms with Crippen LogP contribution in [0.1, 0.15) is 36.3 Å². The molecule has 0 aromatic heterocycles. The maximum atomic E-state index is 13.5. The van der Waals surface area contributed by atoms with Crippen molar-refractivity contribution >= 4 is 18.0 Å². The Morgan fingerprint density at radius 2 is 1.60 bits per heavy atom. The number of benzene rings is 2. The minimum atomic E-state index is -4.90. The molecule has 4 rings (SSSR count). The zero-order chi connectivity index (χ0) is 25.2. The lowest BCUT2D eigenvalue weighted by Crippen LogP contribution is -2.48. The Hall–Kier alpha value is -3.56. The number of amides is 2. The molecular weight excluding hydrogens is 465 g/mol. The second-order valence-electron chi connectivity index (χ2n) is 8.85. The van der Waals surface area contributed by atoms with Crippen LogP contribution in [0.25, 0.3) is 11.1 Å². The van der Waals surface area contributed by atoms with Crippen molar-refractivity contribution in [3.8, 4) is 11.1 Å². The third kappa shape index (κ3) is 5.41. The Labute approximate surface area is 199 Å². The van der Waals surface area contributed by atoms with E-state index in [9.17, 15) is 27.6 Å². The molecule has 2 aromatic rings. The van der Waals surface area contributed by atoms with E-state index in [2.05, 4.69) is 10.6 Å². The highest BCUT2D eigenvalue weighted by Crippen LogP contribution is 2.44. The van der Waals surface area contributed by atoms with Crippen molar-refractivity contribution in [2.24, 2.45) is 11.8 Å². The summed E-state index contributed by atoms with van der Waals surface area (Å²) >= 11 is 0. The largest absolute Gasteiger partial charge is 0.481 e. The fraction of sp³-hybridized carbons (Fsp3) is 0.400. The summed E-state index contributed by atoms with van der Waals surface area (Å²) in [6.07, 6.45) is -5.31. The number of rotatable bonds is 7. The van der Waals surface area contributed by atoms with Gasteiger partial charge in [0.1, 0.15) is 6.61 Å². The number of carbonyl (C=O) groups is 3. The number of carboxylic acid groups (broad SMARTS) is 1. The van der Waals surface area contributed by atoms with E-state index in [0.29, 0.717) is 0 Å². The number of aliphatic carboxylic acids is 1. The van der Waals surface area contributed by atoms with E-state index in [-0.39, 0.29) is 31.8 Å². The molecule has 0 aliphatic heterocycles. The van der Waals surface area contributed by atoms with Gasteiger partial charge in [0.2, 0.25) is 5.91 Å². The topological polar surface area (TPSA) is 105 Å². The Balaban J connectivity index is 1.33. The lowest BCUT2D eigenvalue weighted by atomic mass is 9.98. The van der Waals surface area contributed by atoms with Gasteiger partial charge in [-0.1, -0.05) is 48.5 Å². The van der Waals surface area contributed by atoms with Gasteiger partial charge in [0, 0.05) is 18.5 Å².